The van der Waals surface area contributed by atoms with Gasteiger partial charge in [-0.15, -0.1) is 0 Å². The number of hydrogen-bond donors (Lipinski definition) is 1. The first-order valence-corrected chi connectivity index (χ1v) is 4.02. The van der Waals surface area contributed by atoms with E-state index in [-0.39, 0.29) is 6.10 Å². The second-order valence-corrected chi connectivity index (χ2v) is 2.62. The normalized spacial score (nSPS) is 12.3. The van der Waals surface area contributed by atoms with Crippen molar-refractivity contribution >= 4 is 5.95 Å². The number of nitrogens with zero attached hydrogens (tertiary/aromatic N) is 3. The molecule has 1 rings (SSSR count). The molecular weight excluding hydrogens is 168 g/mol. The van der Waals surface area contributed by atoms with E-state index in [2.05, 4.69) is 4.98 Å². The zero-order chi connectivity index (χ0) is 9.68. The summed E-state index contributed by atoms with van der Waals surface area (Å²) in [7, 11) is 0. The van der Waals surface area contributed by atoms with Crippen LogP contribution in [-0.2, 0) is 11.3 Å². The van der Waals surface area contributed by atoms with Gasteiger partial charge < -0.3 is 15.0 Å². The summed E-state index contributed by atoms with van der Waals surface area (Å²) in [6, 6.07) is 1.98. The summed E-state index contributed by atoms with van der Waals surface area (Å²) < 4.78 is 6.92. The van der Waals surface area contributed by atoms with Gasteiger partial charge in [0.25, 0.3) is 0 Å². The minimum absolute atomic E-state index is 0.371. The molecule has 70 valence electrons. The molecule has 2 N–H and O–H groups in total. The maximum Gasteiger partial charge on any atom is 0.200 e. The van der Waals surface area contributed by atoms with Crippen LogP contribution in [0.2, 0.25) is 0 Å². The van der Waals surface area contributed by atoms with Crippen molar-refractivity contribution < 1.29 is 4.74 Å². The van der Waals surface area contributed by atoms with E-state index in [1.807, 2.05) is 6.07 Å². The Balaban J connectivity index is 2.29. The number of aromatic nitrogens is 2. The lowest BCUT2D eigenvalue weighted by Crippen LogP contribution is -2.12. The molecule has 5 nitrogen and oxygen atoms in total. The van der Waals surface area contributed by atoms with Crippen LogP contribution in [0.4, 0.5) is 5.95 Å². The Bertz CT molecular complexity index is 301. The lowest BCUT2D eigenvalue weighted by Gasteiger charge is -2.06. The van der Waals surface area contributed by atoms with Gasteiger partial charge in [0.05, 0.1) is 12.7 Å². The highest BCUT2D eigenvalue weighted by Crippen LogP contribution is 1.98. The fourth-order valence-corrected chi connectivity index (χ4v) is 0.895. The van der Waals surface area contributed by atoms with Crippen molar-refractivity contribution in [3.05, 3.63) is 12.4 Å². The van der Waals surface area contributed by atoms with E-state index in [1.54, 1.807) is 23.9 Å². The molecule has 0 aliphatic heterocycles. The van der Waals surface area contributed by atoms with Gasteiger partial charge in [0.15, 0.2) is 5.95 Å². The average Bonchev–Trinajstić information content (AvgIpc) is 2.52. The zero-order valence-corrected chi connectivity index (χ0v) is 7.47. The highest BCUT2D eigenvalue weighted by Gasteiger charge is 2.00. The molecule has 0 aliphatic rings. The molecule has 0 spiro atoms. The third-order valence-corrected chi connectivity index (χ3v) is 1.63. The number of anilines is 1. The van der Waals surface area contributed by atoms with Crippen molar-refractivity contribution in [3.63, 3.8) is 0 Å². The number of rotatable bonds is 4. The van der Waals surface area contributed by atoms with Gasteiger partial charge in [-0.3, -0.25) is 0 Å². The predicted octanol–water partition coefficient (Wildman–Crippen LogP) is 0.394. The molecule has 1 aromatic rings. The molecule has 1 aromatic heterocycles. The molecular formula is C8H12N4O. The monoisotopic (exact) mass is 180 g/mol. The van der Waals surface area contributed by atoms with Crippen LogP contribution < -0.4 is 5.73 Å². The number of nitrogen functional groups attached to an aromatic ring is 1. The van der Waals surface area contributed by atoms with Gasteiger partial charge in [-0.1, -0.05) is 0 Å². The first-order valence-electron chi connectivity index (χ1n) is 4.02. The number of ether oxygens (including phenoxy) is 1. The van der Waals surface area contributed by atoms with Crippen molar-refractivity contribution in [1.82, 2.24) is 9.55 Å². The molecule has 5 heteroatoms. The quantitative estimate of drug-likeness (QED) is 0.727. The van der Waals surface area contributed by atoms with Gasteiger partial charge in [-0.2, -0.15) is 5.26 Å². The van der Waals surface area contributed by atoms with Crippen molar-refractivity contribution in [1.29, 1.82) is 5.26 Å². The summed E-state index contributed by atoms with van der Waals surface area (Å²) in [6.07, 6.45) is 3.03. The van der Waals surface area contributed by atoms with Crippen molar-refractivity contribution in [2.75, 3.05) is 12.3 Å². The standard InChI is InChI=1S/C8H12N4O/c1-7(6-9)13-5-4-12-3-2-11-8(12)10/h2-3,7H,4-5H2,1H3,(H2,10,11). The Hall–Kier alpha value is -1.54. The molecule has 0 aromatic carbocycles. The van der Waals surface area contributed by atoms with Crippen LogP contribution in [0.5, 0.6) is 0 Å². The summed E-state index contributed by atoms with van der Waals surface area (Å²) in [5.41, 5.74) is 5.52. The molecule has 0 fully saturated rings. The van der Waals surface area contributed by atoms with E-state index in [0.717, 1.165) is 0 Å². The summed E-state index contributed by atoms with van der Waals surface area (Å²) in [4.78, 5) is 3.85. The second-order valence-electron chi connectivity index (χ2n) is 2.62. The summed E-state index contributed by atoms with van der Waals surface area (Å²) in [5.74, 6) is 0.466. The van der Waals surface area contributed by atoms with E-state index in [9.17, 15) is 0 Å². The molecule has 0 aliphatic carbocycles. The van der Waals surface area contributed by atoms with Crippen LogP contribution in [0.1, 0.15) is 6.92 Å². The van der Waals surface area contributed by atoms with Gasteiger partial charge >= 0.3 is 0 Å². The number of nitrogens with two attached hydrogens (primary N) is 1. The number of hydrogen-bond acceptors (Lipinski definition) is 4. The van der Waals surface area contributed by atoms with Gasteiger partial charge in [0.2, 0.25) is 0 Å². The molecule has 0 bridgehead atoms. The minimum Gasteiger partial charge on any atom is -0.369 e. The Morgan fingerprint density at radius 2 is 2.62 bits per heavy atom. The molecule has 0 saturated carbocycles. The molecule has 1 heterocycles. The Kier molecular flexibility index (Phi) is 3.29. The van der Waals surface area contributed by atoms with E-state index in [1.165, 1.54) is 0 Å². The first kappa shape index (κ1) is 9.55. The zero-order valence-electron chi connectivity index (χ0n) is 7.47. The van der Waals surface area contributed by atoms with Crippen LogP contribution in [0.25, 0.3) is 0 Å². The predicted molar refractivity (Wildman–Crippen MR) is 47.7 cm³/mol. The Morgan fingerprint density at radius 1 is 1.85 bits per heavy atom. The van der Waals surface area contributed by atoms with E-state index in [0.29, 0.717) is 19.1 Å². The van der Waals surface area contributed by atoms with Crippen LogP contribution in [0, 0.1) is 11.3 Å². The number of nitriles is 1. The summed E-state index contributed by atoms with van der Waals surface area (Å²) >= 11 is 0. The lowest BCUT2D eigenvalue weighted by atomic mass is 10.4. The molecule has 0 saturated heterocycles. The third kappa shape index (κ3) is 2.76. The smallest absolute Gasteiger partial charge is 0.200 e. The Labute approximate surface area is 76.7 Å². The SMILES string of the molecule is CC(C#N)OCCn1ccnc1N. The van der Waals surface area contributed by atoms with Gasteiger partial charge in [-0.25, -0.2) is 4.98 Å². The van der Waals surface area contributed by atoms with E-state index < -0.39 is 0 Å². The first-order chi connectivity index (χ1) is 6.24. The number of imidazole rings is 1. The Morgan fingerprint density at radius 3 is 3.15 bits per heavy atom. The molecule has 1 atom stereocenters. The van der Waals surface area contributed by atoms with Gasteiger partial charge in [0.1, 0.15) is 6.10 Å². The third-order valence-electron chi connectivity index (χ3n) is 1.63. The van der Waals surface area contributed by atoms with Crippen LogP contribution >= 0.6 is 0 Å². The van der Waals surface area contributed by atoms with Gasteiger partial charge in [0, 0.05) is 18.9 Å². The molecule has 0 amide bonds. The maximum absolute atomic E-state index is 8.43. The van der Waals surface area contributed by atoms with Crippen LogP contribution in [-0.4, -0.2) is 22.3 Å². The average molecular weight is 180 g/mol. The molecule has 0 radical (unpaired) electrons. The van der Waals surface area contributed by atoms with Crippen molar-refractivity contribution in [2.24, 2.45) is 0 Å². The summed E-state index contributed by atoms with van der Waals surface area (Å²) in [5, 5.41) is 8.43. The maximum atomic E-state index is 8.43. The fourth-order valence-electron chi connectivity index (χ4n) is 0.895. The minimum atomic E-state index is -0.371. The second kappa shape index (κ2) is 4.48. The van der Waals surface area contributed by atoms with Crippen molar-refractivity contribution in [2.45, 2.75) is 19.6 Å². The molecule has 1 unspecified atom stereocenters. The highest BCUT2D eigenvalue weighted by atomic mass is 16.5. The lowest BCUT2D eigenvalue weighted by molar-refractivity contribution is 0.0955. The van der Waals surface area contributed by atoms with Gasteiger partial charge in [-0.05, 0) is 6.92 Å². The van der Waals surface area contributed by atoms with Crippen molar-refractivity contribution in [3.8, 4) is 6.07 Å². The highest BCUT2D eigenvalue weighted by molar-refractivity contribution is 5.16. The van der Waals surface area contributed by atoms with Crippen LogP contribution in [0.15, 0.2) is 12.4 Å². The van der Waals surface area contributed by atoms with E-state index >= 15 is 0 Å². The van der Waals surface area contributed by atoms with Crippen LogP contribution in [0.3, 0.4) is 0 Å². The largest absolute Gasteiger partial charge is 0.369 e. The molecule has 13 heavy (non-hydrogen) atoms. The summed E-state index contributed by atoms with van der Waals surface area (Å²) in [6.45, 7) is 2.80. The van der Waals surface area contributed by atoms with E-state index in [4.69, 9.17) is 15.7 Å². The fraction of sp³-hybridized carbons (Fsp3) is 0.500. The topological polar surface area (TPSA) is 76.9 Å².